The zero-order valence-electron chi connectivity index (χ0n) is 10.1. The maximum absolute atomic E-state index is 5.62. The minimum Gasteiger partial charge on any atom is -0.407 e. The lowest BCUT2D eigenvalue weighted by molar-refractivity contribution is 0.193. The van der Waals surface area contributed by atoms with Crippen LogP contribution < -0.4 is 10.2 Å². The van der Waals surface area contributed by atoms with Gasteiger partial charge < -0.3 is 19.4 Å². The molecule has 1 aromatic rings. The average Bonchev–Trinajstić information content (AvgIpc) is 2.86. The molecule has 0 spiro atoms. The van der Waals surface area contributed by atoms with Gasteiger partial charge in [0, 0.05) is 19.7 Å². The van der Waals surface area contributed by atoms with Crippen molar-refractivity contribution in [3.8, 4) is 0 Å². The molecule has 0 radical (unpaired) electrons. The first-order valence-corrected chi connectivity index (χ1v) is 6.19. The summed E-state index contributed by atoms with van der Waals surface area (Å²) in [6.07, 6.45) is 3.55. The van der Waals surface area contributed by atoms with Crippen molar-refractivity contribution in [3.05, 3.63) is 5.89 Å². The van der Waals surface area contributed by atoms with E-state index in [1.807, 2.05) is 11.9 Å². The van der Waals surface area contributed by atoms with E-state index in [-0.39, 0.29) is 0 Å². The Morgan fingerprint density at radius 1 is 1.35 bits per heavy atom. The molecular formula is C11H18N4O2. The van der Waals surface area contributed by atoms with Crippen LogP contribution in [0.2, 0.25) is 0 Å². The first-order chi connectivity index (χ1) is 8.33. The zero-order chi connectivity index (χ0) is 11.7. The lowest BCUT2D eigenvalue weighted by Crippen LogP contribution is -2.31. The third kappa shape index (κ3) is 2.58. The summed E-state index contributed by atoms with van der Waals surface area (Å²) in [7, 11) is 1.98. The quantitative estimate of drug-likeness (QED) is 0.808. The Hall–Kier alpha value is -1.14. The summed E-state index contributed by atoms with van der Waals surface area (Å²) in [5.74, 6) is 0.665. The molecule has 2 aliphatic rings. The summed E-state index contributed by atoms with van der Waals surface area (Å²) in [6, 6.07) is 1.61. The van der Waals surface area contributed by atoms with Crippen LogP contribution in [0.3, 0.4) is 0 Å². The van der Waals surface area contributed by atoms with E-state index in [0.29, 0.717) is 30.5 Å². The standard InChI is InChI=1S/C11H18N4O2/c1-15(9-4-5-16-7-9)11-14-13-10(17-11)6-12-8-2-3-8/h8-9,12H,2-7H2,1H3. The van der Waals surface area contributed by atoms with Crippen LogP contribution in [-0.4, -0.2) is 42.5 Å². The molecule has 1 aliphatic heterocycles. The van der Waals surface area contributed by atoms with Crippen molar-refractivity contribution in [2.24, 2.45) is 0 Å². The molecule has 1 N–H and O–H groups in total. The summed E-state index contributed by atoms with van der Waals surface area (Å²) in [6.45, 7) is 2.24. The Bertz CT molecular complexity index is 371. The molecule has 6 nitrogen and oxygen atoms in total. The van der Waals surface area contributed by atoms with Crippen LogP contribution in [0.1, 0.15) is 25.2 Å². The molecule has 1 saturated carbocycles. The van der Waals surface area contributed by atoms with Gasteiger partial charge in [-0.2, -0.15) is 0 Å². The van der Waals surface area contributed by atoms with Gasteiger partial charge in [-0.25, -0.2) is 0 Å². The summed E-state index contributed by atoms with van der Waals surface area (Å²) >= 11 is 0. The number of rotatable bonds is 5. The van der Waals surface area contributed by atoms with E-state index in [0.717, 1.165) is 19.6 Å². The van der Waals surface area contributed by atoms with Gasteiger partial charge in [-0.05, 0) is 19.3 Å². The highest BCUT2D eigenvalue weighted by molar-refractivity contribution is 5.25. The molecule has 6 heteroatoms. The summed E-state index contributed by atoms with van der Waals surface area (Å²) in [4.78, 5) is 2.01. The predicted molar refractivity (Wildman–Crippen MR) is 61.8 cm³/mol. The molecule has 2 heterocycles. The van der Waals surface area contributed by atoms with Gasteiger partial charge in [-0.3, -0.25) is 0 Å². The monoisotopic (exact) mass is 238 g/mol. The molecule has 0 aromatic carbocycles. The van der Waals surface area contributed by atoms with E-state index < -0.39 is 0 Å². The number of nitrogens with zero attached hydrogens (tertiary/aromatic N) is 3. The fourth-order valence-corrected chi connectivity index (χ4v) is 1.96. The van der Waals surface area contributed by atoms with Crippen molar-refractivity contribution in [1.29, 1.82) is 0 Å². The lowest BCUT2D eigenvalue weighted by atomic mass is 10.2. The van der Waals surface area contributed by atoms with Gasteiger partial charge in [0.05, 0.1) is 19.2 Å². The SMILES string of the molecule is CN(c1nnc(CNC2CC2)o1)C1CCOC1. The molecule has 17 heavy (non-hydrogen) atoms. The van der Waals surface area contributed by atoms with Crippen molar-refractivity contribution in [1.82, 2.24) is 15.5 Å². The highest BCUT2D eigenvalue weighted by Gasteiger charge is 2.25. The normalized spacial score (nSPS) is 24.2. The van der Waals surface area contributed by atoms with Gasteiger partial charge in [0.1, 0.15) is 0 Å². The van der Waals surface area contributed by atoms with Gasteiger partial charge in [0.15, 0.2) is 0 Å². The summed E-state index contributed by atoms with van der Waals surface area (Å²) < 4.78 is 11.0. The third-order valence-corrected chi connectivity index (χ3v) is 3.33. The molecule has 1 atom stereocenters. The van der Waals surface area contributed by atoms with Gasteiger partial charge in [0.2, 0.25) is 5.89 Å². The van der Waals surface area contributed by atoms with E-state index in [9.17, 15) is 0 Å². The highest BCUT2D eigenvalue weighted by atomic mass is 16.5. The Labute approximate surface area is 100 Å². The molecule has 94 valence electrons. The third-order valence-electron chi connectivity index (χ3n) is 3.33. The van der Waals surface area contributed by atoms with Crippen LogP contribution in [0.15, 0.2) is 4.42 Å². The number of aromatic nitrogens is 2. The largest absolute Gasteiger partial charge is 0.407 e. The number of hydrogen-bond acceptors (Lipinski definition) is 6. The van der Waals surface area contributed by atoms with E-state index in [2.05, 4.69) is 15.5 Å². The van der Waals surface area contributed by atoms with Crippen molar-refractivity contribution < 1.29 is 9.15 Å². The van der Waals surface area contributed by atoms with Crippen LogP contribution in [0, 0.1) is 0 Å². The molecule has 0 amide bonds. The molecular weight excluding hydrogens is 220 g/mol. The smallest absolute Gasteiger partial charge is 0.318 e. The topological polar surface area (TPSA) is 63.4 Å². The van der Waals surface area contributed by atoms with Crippen molar-refractivity contribution >= 4 is 6.01 Å². The molecule has 1 saturated heterocycles. The van der Waals surface area contributed by atoms with Crippen LogP contribution >= 0.6 is 0 Å². The molecule has 0 bridgehead atoms. The fraction of sp³-hybridized carbons (Fsp3) is 0.818. The Morgan fingerprint density at radius 2 is 2.24 bits per heavy atom. The minimum atomic E-state index is 0.361. The Kier molecular flexibility index (Phi) is 2.98. The Balaban J connectivity index is 1.57. The molecule has 1 aromatic heterocycles. The second kappa shape index (κ2) is 4.62. The summed E-state index contributed by atoms with van der Waals surface area (Å²) in [5.41, 5.74) is 0. The lowest BCUT2D eigenvalue weighted by Gasteiger charge is -2.19. The van der Waals surface area contributed by atoms with E-state index >= 15 is 0 Å². The number of nitrogens with one attached hydrogen (secondary N) is 1. The minimum absolute atomic E-state index is 0.361. The molecule has 1 unspecified atom stereocenters. The fourth-order valence-electron chi connectivity index (χ4n) is 1.96. The predicted octanol–water partition coefficient (Wildman–Crippen LogP) is 0.547. The van der Waals surface area contributed by atoms with Crippen molar-refractivity contribution in [2.45, 2.75) is 37.9 Å². The first kappa shape index (κ1) is 11.0. The number of likely N-dealkylation sites (N-methyl/N-ethyl adjacent to an activating group) is 1. The maximum atomic E-state index is 5.62. The molecule has 2 fully saturated rings. The Morgan fingerprint density at radius 3 is 2.94 bits per heavy atom. The number of ether oxygens (including phenoxy) is 1. The second-order valence-corrected chi connectivity index (χ2v) is 4.76. The average molecular weight is 238 g/mol. The molecule has 3 rings (SSSR count). The number of hydrogen-bond donors (Lipinski definition) is 1. The van der Waals surface area contributed by atoms with Crippen LogP contribution in [0.4, 0.5) is 6.01 Å². The molecule has 1 aliphatic carbocycles. The van der Waals surface area contributed by atoms with Crippen LogP contribution in [-0.2, 0) is 11.3 Å². The second-order valence-electron chi connectivity index (χ2n) is 4.76. The van der Waals surface area contributed by atoms with Gasteiger partial charge >= 0.3 is 6.01 Å². The highest BCUT2D eigenvalue weighted by Crippen LogP contribution is 2.21. The number of anilines is 1. The maximum Gasteiger partial charge on any atom is 0.318 e. The van der Waals surface area contributed by atoms with Crippen LogP contribution in [0.5, 0.6) is 0 Å². The summed E-state index contributed by atoms with van der Waals surface area (Å²) in [5, 5.41) is 11.5. The van der Waals surface area contributed by atoms with E-state index in [1.165, 1.54) is 12.8 Å². The van der Waals surface area contributed by atoms with Crippen molar-refractivity contribution in [2.75, 3.05) is 25.2 Å². The zero-order valence-corrected chi connectivity index (χ0v) is 10.1. The first-order valence-electron chi connectivity index (χ1n) is 6.19. The van der Waals surface area contributed by atoms with Crippen molar-refractivity contribution in [3.63, 3.8) is 0 Å². The van der Waals surface area contributed by atoms with E-state index in [1.54, 1.807) is 0 Å². The van der Waals surface area contributed by atoms with E-state index in [4.69, 9.17) is 9.15 Å². The van der Waals surface area contributed by atoms with Gasteiger partial charge in [0.25, 0.3) is 0 Å². The van der Waals surface area contributed by atoms with Gasteiger partial charge in [-0.1, -0.05) is 5.10 Å². The van der Waals surface area contributed by atoms with Crippen LogP contribution in [0.25, 0.3) is 0 Å². The van der Waals surface area contributed by atoms with Gasteiger partial charge in [-0.15, -0.1) is 5.10 Å².